The molecule has 0 bridgehead atoms. The molecule has 114 valence electrons. The van der Waals surface area contributed by atoms with Crippen LogP contribution in [0, 0.1) is 26.2 Å². The largest absolute Gasteiger partial charge is 0.319 e. The molecule has 20 heavy (non-hydrogen) atoms. The summed E-state index contributed by atoms with van der Waals surface area (Å²) >= 11 is 0. The van der Waals surface area contributed by atoms with Crippen LogP contribution < -0.4 is 5.32 Å². The lowest BCUT2D eigenvalue weighted by Crippen LogP contribution is -2.34. The van der Waals surface area contributed by atoms with Gasteiger partial charge in [0.15, 0.2) is 0 Å². The fraction of sp³-hybridized carbons (Fsp3) is 0.684. The molecule has 0 saturated carbocycles. The minimum absolute atomic E-state index is 0.412. The molecule has 0 aromatic heterocycles. The second kappa shape index (κ2) is 7.83. The Labute approximate surface area is 126 Å². The van der Waals surface area contributed by atoms with E-state index < -0.39 is 0 Å². The first-order chi connectivity index (χ1) is 9.48. The van der Waals surface area contributed by atoms with Crippen molar-refractivity contribution in [1.29, 1.82) is 0 Å². The van der Waals surface area contributed by atoms with Gasteiger partial charge in [0, 0.05) is 6.54 Å². The van der Waals surface area contributed by atoms with Gasteiger partial charge in [-0.3, -0.25) is 0 Å². The summed E-state index contributed by atoms with van der Waals surface area (Å²) in [6, 6.07) is 4.67. The molecule has 0 fully saturated rings. The van der Waals surface area contributed by atoms with Crippen molar-refractivity contribution < 1.29 is 0 Å². The third-order valence-corrected chi connectivity index (χ3v) is 4.75. The molecular formula is C19H33N. The molecule has 0 spiro atoms. The van der Waals surface area contributed by atoms with Gasteiger partial charge < -0.3 is 5.32 Å². The Morgan fingerprint density at radius 2 is 1.65 bits per heavy atom. The maximum absolute atomic E-state index is 3.44. The average Bonchev–Trinajstić information content (AvgIpc) is 2.40. The van der Waals surface area contributed by atoms with Crippen LogP contribution in [0.3, 0.4) is 0 Å². The molecule has 0 aliphatic rings. The summed E-state index contributed by atoms with van der Waals surface area (Å²) in [6.45, 7) is 12.5. The number of hydrogen-bond acceptors (Lipinski definition) is 1. The van der Waals surface area contributed by atoms with E-state index in [4.69, 9.17) is 0 Å². The van der Waals surface area contributed by atoms with Crippen LogP contribution in [0.1, 0.15) is 61.8 Å². The van der Waals surface area contributed by atoms with E-state index in [-0.39, 0.29) is 0 Å². The Hall–Kier alpha value is -0.820. The molecule has 1 unspecified atom stereocenters. The lowest BCUT2D eigenvalue weighted by molar-refractivity contribution is 0.234. The third kappa shape index (κ3) is 4.34. The van der Waals surface area contributed by atoms with E-state index >= 15 is 0 Å². The zero-order valence-corrected chi connectivity index (χ0v) is 14.4. The molecule has 1 nitrogen and oxygen atoms in total. The van der Waals surface area contributed by atoms with Gasteiger partial charge in [-0.25, -0.2) is 0 Å². The second-order valence-corrected chi connectivity index (χ2v) is 6.54. The van der Waals surface area contributed by atoms with Crippen molar-refractivity contribution in [3.63, 3.8) is 0 Å². The lowest BCUT2D eigenvalue weighted by atomic mass is 9.73. The molecule has 1 atom stereocenters. The fourth-order valence-electron chi connectivity index (χ4n) is 3.46. The van der Waals surface area contributed by atoms with Crippen LogP contribution in [-0.2, 0) is 6.42 Å². The van der Waals surface area contributed by atoms with Gasteiger partial charge in [-0.05, 0) is 69.2 Å². The molecule has 1 N–H and O–H groups in total. The predicted octanol–water partition coefficient (Wildman–Crippen LogP) is 4.96. The minimum Gasteiger partial charge on any atom is -0.319 e. The summed E-state index contributed by atoms with van der Waals surface area (Å²) in [7, 11) is 2.09. The Bertz CT molecular complexity index is 399. The van der Waals surface area contributed by atoms with E-state index in [9.17, 15) is 0 Å². The van der Waals surface area contributed by atoms with Crippen molar-refractivity contribution in [3.8, 4) is 0 Å². The van der Waals surface area contributed by atoms with Crippen LogP contribution in [0.5, 0.6) is 0 Å². The van der Waals surface area contributed by atoms with Crippen molar-refractivity contribution in [3.05, 3.63) is 34.4 Å². The maximum Gasteiger partial charge on any atom is 0.000789 e. The highest BCUT2D eigenvalue weighted by Crippen LogP contribution is 2.34. The SMILES string of the molecule is CCCCC(CC)(CNC)Cc1c(C)cc(C)cc1C. The monoisotopic (exact) mass is 275 g/mol. The van der Waals surface area contributed by atoms with Crippen LogP contribution in [-0.4, -0.2) is 13.6 Å². The van der Waals surface area contributed by atoms with Gasteiger partial charge in [0.05, 0.1) is 0 Å². The lowest BCUT2D eigenvalue weighted by Gasteiger charge is -2.34. The van der Waals surface area contributed by atoms with Crippen molar-refractivity contribution in [2.45, 2.75) is 66.7 Å². The maximum atomic E-state index is 3.44. The zero-order chi connectivity index (χ0) is 15.2. The van der Waals surface area contributed by atoms with E-state index in [1.807, 2.05) is 0 Å². The first kappa shape index (κ1) is 17.2. The number of aryl methyl sites for hydroxylation is 3. The third-order valence-electron chi connectivity index (χ3n) is 4.75. The molecular weight excluding hydrogens is 242 g/mol. The number of hydrogen-bond donors (Lipinski definition) is 1. The van der Waals surface area contributed by atoms with Crippen molar-refractivity contribution in [1.82, 2.24) is 5.32 Å². The molecule has 0 radical (unpaired) electrons. The van der Waals surface area contributed by atoms with E-state index in [2.05, 4.69) is 59.1 Å². The van der Waals surface area contributed by atoms with Crippen LogP contribution in [0.15, 0.2) is 12.1 Å². The van der Waals surface area contributed by atoms with E-state index in [0.29, 0.717) is 5.41 Å². The van der Waals surface area contributed by atoms with Gasteiger partial charge in [-0.15, -0.1) is 0 Å². The van der Waals surface area contributed by atoms with E-state index in [1.165, 1.54) is 48.8 Å². The molecule has 0 heterocycles. The zero-order valence-electron chi connectivity index (χ0n) is 14.4. The van der Waals surface area contributed by atoms with E-state index in [1.54, 1.807) is 5.56 Å². The smallest absolute Gasteiger partial charge is 0.000789 e. The summed E-state index contributed by atoms with van der Waals surface area (Å²) in [5, 5.41) is 3.44. The van der Waals surface area contributed by atoms with Crippen molar-refractivity contribution in [2.24, 2.45) is 5.41 Å². The normalized spacial score (nSPS) is 14.3. The molecule has 1 rings (SSSR count). The summed E-state index contributed by atoms with van der Waals surface area (Å²) in [4.78, 5) is 0. The van der Waals surface area contributed by atoms with Crippen LogP contribution in [0.2, 0.25) is 0 Å². The minimum atomic E-state index is 0.412. The standard InChI is InChI=1S/C19H33N/c1-7-9-10-19(8-2,14-20-6)13-18-16(4)11-15(3)12-17(18)5/h11-12,20H,7-10,13-14H2,1-6H3. The topological polar surface area (TPSA) is 12.0 Å². The van der Waals surface area contributed by atoms with Crippen LogP contribution in [0.25, 0.3) is 0 Å². The molecule has 1 heteroatoms. The summed E-state index contributed by atoms with van der Waals surface area (Å²) in [6.07, 6.45) is 6.41. The first-order valence-corrected chi connectivity index (χ1v) is 8.19. The summed E-state index contributed by atoms with van der Waals surface area (Å²) < 4.78 is 0. The molecule has 1 aromatic rings. The molecule has 0 aliphatic carbocycles. The van der Waals surface area contributed by atoms with Crippen LogP contribution in [0.4, 0.5) is 0 Å². The molecule has 0 amide bonds. The summed E-state index contributed by atoms with van der Waals surface area (Å²) in [5.74, 6) is 0. The average molecular weight is 275 g/mol. The Morgan fingerprint density at radius 1 is 1.05 bits per heavy atom. The predicted molar refractivity (Wildman–Crippen MR) is 90.5 cm³/mol. The number of rotatable bonds is 8. The van der Waals surface area contributed by atoms with Gasteiger partial charge in [0.2, 0.25) is 0 Å². The van der Waals surface area contributed by atoms with Gasteiger partial charge in [0.1, 0.15) is 0 Å². The molecule has 0 saturated heterocycles. The summed E-state index contributed by atoms with van der Waals surface area (Å²) in [5.41, 5.74) is 6.30. The van der Waals surface area contributed by atoms with Gasteiger partial charge >= 0.3 is 0 Å². The first-order valence-electron chi connectivity index (χ1n) is 8.19. The number of nitrogens with one attached hydrogen (secondary N) is 1. The van der Waals surface area contributed by atoms with Gasteiger partial charge in [0.25, 0.3) is 0 Å². The Kier molecular flexibility index (Phi) is 6.75. The molecule has 1 aromatic carbocycles. The van der Waals surface area contributed by atoms with Crippen LogP contribution >= 0.6 is 0 Å². The second-order valence-electron chi connectivity index (χ2n) is 6.54. The fourth-order valence-corrected chi connectivity index (χ4v) is 3.46. The highest BCUT2D eigenvalue weighted by Gasteiger charge is 2.28. The number of unbranched alkanes of at least 4 members (excludes halogenated alkanes) is 1. The van der Waals surface area contributed by atoms with Gasteiger partial charge in [-0.2, -0.15) is 0 Å². The van der Waals surface area contributed by atoms with Crippen molar-refractivity contribution >= 4 is 0 Å². The Balaban J connectivity index is 3.05. The molecule has 0 aliphatic heterocycles. The van der Waals surface area contributed by atoms with Gasteiger partial charge in [-0.1, -0.05) is 44.4 Å². The highest BCUT2D eigenvalue weighted by molar-refractivity contribution is 5.38. The van der Waals surface area contributed by atoms with E-state index in [0.717, 1.165) is 6.54 Å². The number of benzene rings is 1. The quantitative estimate of drug-likeness (QED) is 0.707. The highest BCUT2D eigenvalue weighted by atomic mass is 14.8. The Morgan fingerprint density at radius 3 is 2.10 bits per heavy atom. The van der Waals surface area contributed by atoms with Crippen molar-refractivity contribution in [2.75, 3.05) is 13.6 Å².